The maximum Gasteiger partial charge on any atom is 0.162 e. The third-order valence-corrected chi connectivity index (χ3v) is 3.93. The summed E-state index contributed by atoms with van der Waals surface area (Å²) in [5, 5.41) is 19.8. The largest absolute Gasteiger partial charge is 0.504 e. The van der Waals surface area contributed by atoms with Crippen LogP contribution in [0.4, 0.5) is 0 Å². The first-order valence-electron chi connectivity index (χ1n) is 6.89. The van der Waals surface area contributed by atoms with Gasteiger partial charge in [-0.05, 0) is 37.9 Å². The lowest BCUT2D eigenvalue weighted by atomic mass is 9.92. The summed E-state index contributed by atoms with van der Waals surface area (Å²) >= 11 is 0. The molecule has 1 heterocycles. The average Bonchev–Trinajstić information content (AvgIpc) is 2.94. The predicted octanol–water partition coefficient (Wildman–Crippen LogP) is 2.17. The molecule has 4 heteroatoms. The first-order valence-corrected chi connectivity index (χ1v) is 6.89. The van der Waals surface area contributed by atoms with Gasteiger partial charge in [0.1, 0.15) is 0 Å². The van der Waals surface area contributed by atoms with E-state index in [1.807, 2.05) is 19.1 Å². The molecule has 2 N–H and O–H groups in total. The van der Waals surface area contributed by atoms with E-state index in [9.17, 15) is 10.2 Å². The van der Waals surface area contributed by atoms with Gasteiger partial charge in [-0.2, -0.15) is 0 Å². The van der Waals surface area contributed by atoms with E-state index in [4.69, 9.17) is 4.74 Å². The lowest BCUT2D eigenvalue weighted by Crippen LogP contribution is -2.32. The van der Waals surface area contributed by atoms with Crippen molar-refractivity contribution in [3.63, 3.8) is 0 Å². The minimum Gasteiger partial charge on any atom is -0.504 e. The Morgan fingerprint density at radius 1 is 1.32 bits per heavy atom. The fraction of sp³-hybridized carbons (Fsp3) is 0.600. The third-order valence-electron chi connectivity index (χ3n) is 3.93. The van der Waals surface area contributed by atoms with Gasteiger partial charge >= 0.3 is 0 Å². The Kier molecular flexibility index (Phi) is 4.66. The molecule has 0 saturated carbocycles. The van der Waals surface area contributed by atoms with Crippen LogP contribution >= 0.6 is 0 Å². The molecule has 2 atom stereocenters. The maximum absolute atomic E-state index is 10.3. The van der Waals surface area contributed by atoms with E-state index in [-0.39, 0.29) is 24.3 Å². The van der Waals surface area contributed by atoms with Crippen molar-refractivity contribution >= 4 is 0 Å². The molecular formula is C15H23NO3. The number of phenolic OH excluding ortho intramolecular Hbond substituents is 1. The molecule has 1 aromatic carbocycles. The van der Waals surface area contributed by atoms with Gasteiger partial charge in [0.05, 0.1) is 7.11 Å². The zero-order valence-electron chi connectivity index (χ0n) is 11.7. The normalized spacial score (nSPS) is 19.3. The van der Waals surface area contributed by atoms with Gasteiger partial charge in [0.25, 0.3) is 0 Å². The van der Waals surface area contributed by atoms with Crippen molar-refractivity contribution < 1.29 is 14.9 Å². The molecule has 1 aromatic rings. The van der Waals surface area contributed by atoms with Crippen molar-refractivity contribution in [2.45, 2.75) is 25.8 Å². The number of rotatable bonds is 5. The number of nitrogens with zero attached hydrogens (tertiary/aromatic N) is 1. The number of aliphatic hydroxyl groups excluding tert-OH is 1. The molecule has 1 aliphatic rings. The number of para-hydroxylation sites is 1. The van der Waals surface area contributed by atoms with Crippen LogP contribution in [0.2, 0.25) is 0 Å². The first kappa shape index (κ1) is 14.2. The van der Waals surface area contributed by atoms with Crippen molar-refractivity contribution in [3.05, 3.63) is 23.8 Å². The summed E-state index contributed by atoms with van der Waals surface area (Å²) in [7, 11) is 1.55. The molecule has 0 bridgehead atoms. The summed E-state index contributed by atoms with van der Waals surface area (Å²) in [5.74, 6) is 0.769. The summed E-state index contributed by atoms with van der Waals surface area (Å²) in [5.41, 5.74) is 0.850. The Morgan fingerprint density at radius 2 is 2.00 bits per heavy atom. The van der Waals surface area contributed by atoms with Crippen molar-refractivity contribution in [2.75, 3.05) is 26.8 Å². The molecule has 0 aliphatic carbocycles. The van der Waals surface area contributed by atoms with Crippen molar-refractivity contribution in [1.29, 1.82) is 0 Å². The highest BCUT2D eigenvalue weighted by Gasteiger charge is 2.30. The third kappa shape index (κ3) is 2.85. The smallest absolute Gasteiger partial charge is 0.162 e. The number of hydrogen-bond donors (Lipinski definition) is 2. The molecule has 2 unspecified atom stereocenters. The fourth-order valence-corrected chi connectivity index (χ4v) is 2.93. The van der Waals surface area contributed by atoms with Gasteiger partial charge in [0.15, 0.2) is 11.5 Å². The Labute approximate surface area is 114 Å². The summed E-state index contributed by atoms with van der Waals surface area (Å²) in [4.78, 5) is 2.34. The number of aromatic hydroxyl groups is 1. The summed E-state index contributed by atoms with van der Waals surface area (Å²) in [6, 6.07) is 5.61. The lowest BCUT2D eigenvalue weighted by Gasteiger charge is -2.32. The number of benzene rings is 1. The number of hydrogen-bond acceptors (Lipinski definition) is 4. The number of phenols is 1. The molecule has 1 saturated heterocycles. The second-order valence-corrected chi connectivity index (χ2v) is 5.25. The molecule has 2 rings (SSSR count). The van der Waals surface area contributed by atoms with Crippen LogP contribution < -0.4 is 4.74 Å². The SMILES string of the molecule is COc1cccc(C(C(C)CO)N2CCCC2)c1O. The average molecular weight is 265 g/mol. The van der Waals surface area contributed by atoms with Crippen LogP contribution in [0.1, 0.15) is 31.4 Å². The van der Waals surface area contributed by atoms with Gasteiger partial charge in [-0.15, -0.1) is 0 Å². The predicted molar refractivity (Wildman–Crippen MR) is 74.5 cm³/mol. The minimum atomic E-state index is 0.0441. The van der Waals surface area contributed by atoms with E-state index in [0.717, 1.165) is 18.7 Å². The molecular weight excluding hydrogens is 242 g/mol. The van der Waals surface area contributed by atoms with Gasteiger partial charge in [0.2, 0.25) is 0 Å². The molecule has 0 radical (unpaired) electrons. The van der Waals surface area contributed by atoms with Gasteiger partial charge in [-0.1, -0.05) is 19.1 Å². The zero-order valence-corrected chi connectivity index (χ0v) is 11.7. The highest BCUT2D eigenvalue weighted by molar-refractivity contribution is 5.47. The second-order valence-electron chi connectivity index (χ2n) is 5.25. The van der Waals surface area contributed by atoms with E-state index < -0.39 is 0 Å². The Morgan fingerprint density at radius 3 is 2.58 bits per heavy atom. The van der Waals surface area contributed by atoms with Crippen molar-refractivity contribution in [1.82, 2.24) is 4.90 Å². The van der Waals surface area contributed by atoms with Gasteiger partial charge in [0, 0.05) is 18.2 Å². The van der Waals surface area contributed by atoms with Crippen LogP contribution in [0.25, 0.3) is 0 Å². The van der Waals surface area contributed by atoms with E-state index in [1.165, 1.54) is 12.8 Å². The van der Waals surface area contributed by atoms with Crippen LogP contribution in [-0.4, -0.2) is 41.9 Å². The van der Waals surface area contributed by atoms with Crippen molar-refractivity contribution in [3.8, 4) is 11.5 Å². The number of methoxy groups -OCH3 is 1. The Bertz CT molecular complexity index is 416. The Balaban J connectivity index is 2.37. The molecule has 0 amide bonds. The molecule has 0 spiro atoms. The lowest BCUT2D eigenvalue weighted by molar-refractivity contribution is 0.123. The van der Waals surface area contributed by atoms with Gasteiger partial charge in [-0.3, -0.25) is 4.90 Å². The second kappa shape index (κ2) is 6.26. The number of ether oxygens (including phenoxy) is 1. The Hall–Kier alpha value is -1.26. The van der Waals surface area contributed by atoms with Crippen LogP contribution in [0, 0.1) is 5.92 Å². The highest BCUT2D eigenvalue weighted by atomic mass is 16.5. The topological polar surface area (TPSA) is 52.9 Å². The summed E-state index contributed by atoms with van der Waals surface area (Å²) < 4.78 is 5.18. The fourth-order valence-electron chi connectivity index (χ4n) is 2.93. The van der Waals surface area contributed by atoms with Crippen LogP contribution in [0.15, 0.2) is 18.2 Å². The van der Waals surface area contributed by atoms with E-state index in [2.05, 4.69) is 4.90 Å². The summed E-state index contributed by atoms with van der Waals surface area (Å²) in [6.45, 7) is 4.16. The van der Waals surface area contributed by atoms with Crippen LogP contribution in [0.3, 0.4) is 0 Å². The molecule has 1 aliphatic heterocycles. The summed E-state index contributed by atoms with van der Waals surface area (Å²) in [6.07, 6.45) is 2.36. The first-order chi connectivity index (χ1) is 9.19. The van der Waals surface area contributed by atoms with Crippen molar-refractivity contribution in [2.24, 2.45) is 5.92 Å². The molecule has 19 heavy (non-hydrogen) atoms. The quantitative estimate of drug-likeness (QED) is 0.856. The standard InChI is InChI=1S/C15H23NO3/c1-11(10-17)14(16-8-3-4-9-16)12-6-5-7-13(19-2)15(12)18/h5-7,11,14,17-18H,3-4,8-10H2,1-2H3. The highest BCUT2D eigenvalue weighted by Crippen LogP contribution is 2.40. The van der Waals surface area contributed by atoms with Crippen LogP contribution in [-0.2, 0) is 0 Å². The van der Waals surface area contributed by atoms with E-state index in [0.29, 0.717) is 5.75 Å². The maximum atomic E-state index is 10.3. The van der Waals surface area contributed by atoms with E-state index >= 15 is 0 Å². The number of likely N-dealkylation sites (tertiary alicyclic amines) is 1. The molecule has 0 aromatic heterocycles. The minimum absolute atomic E-state index is 0.0441. The molecule has 1 fully saturated rings. The van der Waals surface area contributed by atoms with Gasteiger partial charge < -0.3 is 14.9 Å². The molecule has 106 valence electrons. The molecule has 4 nitrogen and oxygen atoms in total. The van der Waals surface area contributed by atoms with Gasteiger partial charge in [-0.25, -0.2) is 0 Å². The zero-order chi connectivity index (χ0) is 13.8. The van der Waals surface area contributed by atoms with Crippen LogP contribution in [0.5, 0.6) is 11.5 Å². The van der Waals surface area contributed by atoms with E-state index in [1.54, 1.807) is 13.2 Å². The monoisotopic (exact) mass is 265 g/mol. The number of aliphatic hydroxyl groups is 1.